The molecule has 1 aromatic rings. The van der Waals surface area contributed by atoms with Crippen molar-refractivity contribution < 1.29 is 23.2 Å². The van der Waals surface area contributed by atoms with Crippen molar-refractivity contribution in [3.05, 3.63) is 21.4 Å². The van der Waals surface area contributed by atoms with E-state index in [0.29, 0.717) is 18.4 Å². The molecular weight excluding hydrogens is 302 g/mol. The number of halogens is 2. The van der Waals surface area contributed by atoms with Crippen molar-refractivity contribution in [1.29, 1.82) is 0 Å². The Morgan fingerprint density at radius 3 is 2.81 bits per heavy atom. The van der Waals surface area contributed by atoms with Crippen LogP contribution in [0.25, 0.3) is 0 Å². The van der Waals surface area contributed by atoms with Gasteiger partial charge in [-0.1, -0.05) is 0 Å². The Balaban J connectivity index is 1.87. The summed E-state index contributed by atoms with van der Waals surface area (Å²) >= 11 is 0.866. The van der Waals surface area contributed by atoms with Crippen LogP contribution in [-0.4, -0.2) is 28.7 Å². The van der Waals surface area contributed by atoms with Gasteiger partial charge in [-0.3, -0.25) is 19.7 Å². The first-order valence-electron chi connectivity index (χ1n) is 6.52. The van der Waals surface area contributed by atoms with Crippen LogP contribution in [0.2, 0.25) is 0 Å². The number of nitrogens with one attached hydrogen (secondary N) is 1. The predicted octanol–water partition coefficient (Wildman–Crippen LogP) is 1.84. The Bertz CT molecular complexity index is 629. The standard InChI is InChI=1S/C13H12F2N2O3S/c14-11(15)10-6-4-17(13(20)7(6)5-21-10)8-2-1-3-9(18)16-12(8)19/h5,8,11H,1-4H2,(H,16,18,19)/t8-/m0/s1. The molecule has 0 spiro atoms. The Morgan fingerprint density at radius 2 is 2.10 bits per heavy atom. The van der Waals surface area contributed by atoms with Gasteiger partial charge in [-0.05, 0) is 12.8 Å². The van der Waals surface area contributed by atoms with E-state index in [2.05, 4.69) is 5.32 Å². The molecule has 3 heterocycles. The van der Waals surface area contributed by atoms with Crippen LogP contribution in [0.3, 0.4) is 0 Å². The van der Waals surface area contributed by atoms with Gasteiger partial charge in [0.2, 0.25) is 11.8 Å². The summed E-state index contributed by atoms with van der Waals surface area (Å²) < 4.78 is 25.8. The van der Waals surface area contributed by atoms with Gasteiger partial charge in [-0.2, -0.15) is 0 Å². The quantitative estimate of drug-likeness (QED) is 0.847. The predicted molar refractivity (Wildman–Crippen MR) is 69.9 cm³/mol. The molecule has 21 heavy (non-hydrogen) atoms. The molecule has 1 fully saturated rings. The number of hydrogen-bond donors (Lipinski definition) is 1. The maximum absolute atomic E-state index is 12.9. The molecule has 1 saturated heterocycles. The maximum Gasteiger partial charge on any atom is 0.273 e. The summed E-state index contributed by atoms with van der Waals surface area (Å²) in [5.41, 5.74) is 0.557. The van der Waals surface area contributed by atoms with Gasteiger partial charge in [0.25, 0.3) is 12.3 Å². The Morgan fingerprint density at radius 1 is 1.33 bits per heavy atom. The normalized spacial score (nSPS) is 22.5. The van der Waals surface area contributed by atoms with Crippen molar-refractivity contribution in [2.24, 2.45) is 0 Å². The number of imide groups is 1. The second kappa shape index (κ2) is 5.18. The number of alkyl halides is 2. The summed E-state index contributed by atoms with van der Waals surface area (Å²) in [5, 5.41) is 3.64. The number of rotatable bonds is 2. The maximum atomic E-state index is 12.9. The van der Waals surface area contributed by atoms with Gasteiger partial charge in [0, 0.05) is 23.9 Å². The van der Waals surface area contributed by atoms with Gasteiger partial charge in [-0.25, -0.2) is 8.78 Å². The van der Waals surface area contributed by atoms with E-state index in [-0.39, 0.29) is 29.3 Å². The van der Waals surface area contributed by atoms with Crippen molar-refractivity contribution >= 4 is 29.1 Å². The Labute approximate surface area is 122 Å². The first kappa shape index (κ1) is 14.1. The summed E-state index contributed by atoms with van der Waals surface area (Å²) in [6, 6.07) is -0.771. The van der Waals surface area contributed by atoms with Crippen molar-refractivity contribution in [2.75, 3.05) is 0 Å². The molecule has 3 rings (SSSR count). The number of hydrogen-bond acceptors (Lipinski definition) is 4. The third-order valence-corrected chi connectivity index (χ3v) is 4.80. The SMILES string of the molecule is O=C1CCC[C@H](N2Cc3c(csc3C(F)F)C2=O)C(=O)N1. The fraction of sp³-hybridized carbons (Fsp3) is 0.462. The van der Waals surface area contributed by atoms with E-state index in [4.69, 9.17) is 0 Å². The summed E-state index contributed by atoms with van der Waals surface area (Å²) in [5.74, 6) is -1.31. The molecule has 3 amide bonds. The van der Waals surface area contributed by atoms with Crippen LogP contribution in [0.1, 0.15) is 46.5 Å². The lowest BCUT2D eigenvalue weighted by Gasteiger charge is -2.25. The third-order valence-electron chi connectivity index (χ3n) is 3.77. The highest BCUT2D eigenvalue weighted by atomic mass is 32.1. The van der Waals surface area contributed by atoms with Crippen LogP contribution in [0, 0.1) is 0 Å². The van der Waals surface area contributed by atoms with Gasteiger partial charge >= 0.3 is 0 Å². The van der Waals surface area contributed by atoms with Crippen LogP contribution in [0.15, 0.2) is 5.38 Å². The molecule has 0 aromatic carbocycles. The van der Waals surface area contributed by atoms with Crippen LogP contribution in [-0.2, 0) is 16.1 Å². The monoisotopic (exact) mass is 314 g/mol. The molecule has 0 saturated carbocycles. The van der Waals surface area contributed by atoms with Gasteiger partial charge in [-0.15, -0.1) is 11.3 Å². The zero-order valence-electron chi connectivity index (χ0n) is 10.9. The average molecular weight is 314 g/mol. The Hall–Kier alpha value is -1.83. The lowest BCUT2D eigenvalue weighted by atomic mass is 10.1. The summed E-state index contributed by atoms with van der Waals surface area (Å²) in [7, 11) is 0. The molecule has 5 nitrogen and oxygen atoms in total. The molecule has 2 aliphatic rings. The number of amides is 3. The van der Waals surface area contributed by atoms with E-state index < -0.39 is 24.3 Å². The molecule has 1 aromatic heterocycles. The van der Waals surface area contributed by atoms with E-state index >= 15 is 0 Å². The van der Waals surface area contributed by atoms with Crippen LogP contribution >= 0.6 is 11.3 Å². The van der Waals surface area contributed by atoms with Gasteiger partial charge < -0.3 is 4.90 Å². The highest BCUT2D eigenvalue weighted by Gasteiger charge is 2.40. The zero-order valence-corrected chi connectivity index (χ0v) is 11.7. The molecule has 0 radical (unpaired) electrons. The van der Waals surface area contributed by atoms with E-state index in [1.54, 1.807) is 0 Å². The molecule has 2 aliphatic heterocycles. The molecular formula is C13H12F2N2O3S. The number of carbonyl (C=O) groups excluding carboxylic acids is 3. The lowest BCUT2D eigenvalue weighted by molar-refractivity contribution is -0.132. The smallest absolute Gasteiger partial charge is 0.273 e. The van der Waals surface area contributed by atoms with Crippen molar-refractivity contribution in [1.82, 2.24) is 10.2 Å². The third kappa shape index (κ3) is 2.33. The zero-order chi connectivity index (χ0) is 15.1. The second-order valence-corrected chi connectivity index (χ2v) is 5.96. The van der Waals surface area contributed by atoms with Gasteiger partial charge in [0.1, 0.15) is 6.04 Å². The van der Waals surface area contributed by atoms with E-state index in [9.17, 15) is 23.2 Å². The number of fused-ring (bicyclic) bond motifs is 1. The van der Waals surface area contributed by atoms with Crippen LogP contribution < -0.4 is 5.32 Å². The van der Waals surface area contributed by atoms with E-state index in [1.165, 1.54) is 10.3 Å². The molecule has 0 aliphatic carbocycles. The van der Waals surface area contributed by atoms with Crippen LogP contribution in [0.5, 0.6) is 0 Å². The lowest BCUT2D eigenvalue weighted by Crippen LogP contribution is -2.47. The average Bonchev–Trinajstić information content (AvgIpc) is 2.90. The fourth-order valence-electron chi connectivity index (χ4n) is 2.74. The molecule has 0 bridgehead atoms. The highest BCUT2D eigenvalue weighted by molar-refractivity contribution is 7.10. The number of carbonyl (C=O) groups is 3. The van der Waals surface area contributed by atoms with Crippen molar-refractivity contribution in [2.45, 2.75) is 38.3 Å². The van der Waals surface area contributed by atoms with Gasteiger partial charge in [0.15, 0.2) is 0 Å². The fourth-order valence-corrected chi connectivity index (χ4v) is 3.65. The first-order chi connectivity index (χ1) is 9.99. The van der Waals surface area contributed by atoms with Crippen molar-refractivity contribution in [3.8, 4) is 0 Å². The topological polar surface area (TPSA) is 66.5 Å². The van der Waals surface area contributed by atoms with Crippen LogP contribution in [0.4, 0.5) is 8.78 Å². The summed E-state index contributed by atoms with van der Waals surface area (Å²) in [4.78, 5) is 36.8. The summed E-state index contributed by atoms with van der Waals surface area (Å²) in [6.45, 7) is 0.00359. The number of nitrogens with zero attached hydrogens (tertiary/aromatic N) is 1. The second-order valence-electron chi connectivity index (χ2n) is 5.05. The molecule has 8 heteroatoms. The highest BCUT2D eigenvalue weighted by Crippen LogP contribution is 2.38. The molecule has 112 valence electrons. The van der Waals surface area contributed by atoms with Gasteiger partial charge in [0.05, 0.1) is 10.4 Å². The Kier molecular flexibility index (Phi) is 3.48. The molecule has 1 atom stereocenters. The first-order valence-corrected chi connectivity index (χ1v) is 7.40. The summed E-state index contributed by atoms with van der Waals surface area (Å²) in [6.07, 6.45) is -1.55. The minimum Gasteiger partial charge on any atom is -0.322 e. The minimum absolute atomic E-state index is 0.00359. The largest absolute Gasteiger partial charge is 0.322 e. The molecule has 0 unspecified atom stereocenters. The molecule has 1 N–H and O–H groups in total. The number of thiophene rings is 1. The van der Waals surface area contributed by atoms with E-state index in [1.807, 2.05) is 0 Å². The minimum atomic E-state index is -2.63. The van der Waals surface area contributed by atoms with Crippen molar-refractivity contribution in [3.63, 3.8) is 0 Å². The van der Waals surface area contributed by atoms with E-state index in [0.717, 1.165) is 11.3 Å².